The summed E-state index contributed by atoms with van der Waals surface area (Å²) in [5, 5.41) is 9.68. The Hall–Kier alpha value is -4.30. The SMILES string of the molecule is O=C(Cc1cccc(-c2ccc(F)c(F)c2)n1)c1ccc(Oc2cc3c(cc2Cl)C(C(=O)O)CCO3)cc1. The molecule has 0 spiro atoms. The number of carbonyl (C=O) groups is 2. The number of Topliss-reactive ketones (excluding diaryl/α,β-unsaturated/α-hetero) is 1. The van der Waals surface area contributed by atoms with Crippen molar-refractivity contribution in [1.29, 1.82) is 0 Å². The van der Waals surface area contributed by atoms with Gasteiger partial charge in [0, 0.05) is 28.5 Å². The van der Waals surface area contributed by atoms with E-state index in [4.69, 9.17) is 21.1 Å². The average molecular weight is 536 g/mol. The monoisotopic (exact) mass is 535 g/mol. The highest BCUT2D eigenvalue weighted by molar-refractivity contribution is 6.32. The lowest BCUT2D eigenvalue weighted by Crippen LogP contribution is -2.20. The van der Waals surface area contributed by atoms with Crippen molar-refractivity contribution in [3.63, 3.8) is 0 Å². The van der Waals surface area contributed by atoms with Gasteiger partial charge < -0.3 is 14.6 Å². The molecule has 1 unspecified atom stereocenters. The van der Waals surface area contributed by atoms with Crippen LogP contribution in [0.1, 0.15) is 34.0 Å². The lowest BCUT2D eigenvalue weighted by Gasteiger charge is -2.24. The van der Waals surface area contributed by atoms with E-state index in [1.807, 2.05) is 0 Å². The standard InChI is InChI=1S/C29H20ClF2NO5/c30-22-14-21-20(29(35)36)10-11-37-27(21)15-28(22)38-19-7-4-16(5-8-19)26(34)13-18-2-1-3-25(33-18)17-6-9-23(31)24(32)12-17/h1-9,12,14-15,20H,10-11,13H2,(H,35,36). The average Bonchev–Trinajstić information content (AvgIpc) is 2.91. The molecule has 9 heteroatoms. The van der Waals surface area contributed by atoms with Gasteiger partial charge in [-0.3, -0.25) is 14.6 Å². The van der Waals surface area contributed by atoms with Crippen molar-refractivity contribution in [2.45, 2.75) is 18.8 Å². The molecular weight excluding hydrogens is 516 g/mol. The third-order valence-electron chi connectivity index (χ3n) is 6.17. The van der Waals surface area contributed by atoms with Gasteiger partial charge >= 0.3 is 5.97 Å². The minimum Gasteiger partial charge on any atom is -0.493 e. The lowest BCUT2D eigenvalue weighted by atomic mass is 9.93. The second kappa shape index (κ2) is 10.6. The second-order valence-electron chi connectivity index (χ2n) is 8.72. The molecule has 2 heterocycles. The molecule has 1 aliphatic rings. The summed E-state index contributed by atoms with van der Waals surface area (Å²) < 4.78 is 38.3. The van der Waals surface area contributed by atoms with E-state index in [9.17, 15) is 23.5 Å². The minimum absolute atomic E-state index is 0.0104. The van der Waals surface area contributed by atoms with Crippen LogP contribution in [0.5, 0.6) is 17.2 Å². The maximum Gasteiger partial charge on any atom is 0.311 e. The molecule has 0 aliphatic carbocycles. The molecule has 192 valence electrons. The topological polar surface area (TPSA) is 85.7 Å². The first-order valence-corrected chi connectivity index (χ1v) is 12.1. The van der Waals surface area contributed by atoms with Crippen LogP contribution in [0.15, 0.2) is 72.8 Å². The molecule has 1 N–H and O–H groups in total. The van der Waals surface area contributed by atoms with Crippen LogP contribution in [0.4, 0.5) is 8.78 Å². The van der Waals surface area contributed by atoms with Crippen molar-refractivity contribution in [3.8, 4) is 28.5 Å². The number of pyridine rings is 1. The van der Waals surface area contributed by atoms with Crippen LogP contribution in [-0.4, -0.2) is 28.4 Å². The van der Waals surface area contributed by atoms with E-state index in [1.54, 1.807) is 54.6 Å². The molecular formula is C29H20ClF2NO5. The number of carbonyl (C=O) groups excluding carboxylic acids is 1. The number of aromatic nitrogens is 1. The maximum atomic E-state index is 13.6. The quantitative estimate of drug-likeness (QED) is 0.260. The van der Waals surface area contributed by atoms with Crippen LogP contribution in [0, 0.1) is 11.6 Å². The van der Waals surface area contributed by atoms with E-state index in [-0.39, 0.29) is 23.8 Å². The number of ether oxygens (including phenoxy) is 2. The van der Waals surface area contributed by atoms with Gasteiger partial charge in [-0.1, -0.05) is 17.7 Å². The Bertz CT molecular complexity index is 1540. The predicted molar refractivity (Wildman–Crippen MR) is 136 cm³/mol. The minimum atomic E-state index is -0.971. The zero-order chi connectivity index (χ0) is 26.8. The highest BCUT2D eigenvalue weighted by Gasteiger charge is 2.29. The van der Waals surface area contributed by atoms with Gasteiger partial charge in [0.1, 0.15) is 17.2 Å². The molecule has 0 amide bonds. The van der Waals surface area contributed by atoms with Crippen LogP contribution in [0.3, 0.4) is 0 Å². The summed E-state index contributed by atoms with van der Waals surface area (Å²) in [4.78, 5) is 28.8. The summed E-state index contributed by atoms with van der Waals surface area (Å²) in [5.41, 5.74) is 2.26. The summed E-state index contributed by atoms with van der Waals surface area (Å²) in [7, 11) is 0. The molecule has 0 bridgehead atoms. The van der Waals surface area contributed by atoms with Gasteiger partial charge in [-0.2, -0.15) is 0 Å². The molecule has 0 radical (unpaired) electrons. The first-order chi connectivity index (χ1) is 18.3. The van der Waals surface area contributed by atoms with E-state index >= 15 is 0 Å². The van der Waals surface area contributed by atoms with Crippen LogP contribution in [0.25, 0.3) is 11.3 Å². The number of ketones is 1. The summed E-state index contributed by atoms with van der Waals surface area (Å²) in [6, 6.07) is 18.1. The number of rotatable bonds is 7. The van der Waals surface area contributed by atoms with E-state index in [0.717, 1.165) is 12.1 Å². The van der Waals surface area contributed by atoms with Crippen LogP contribution in [0.2, 0.25) is 5.02 Å². The number of hydrogen-bond donors (Lipinski definition) is 1. The fraction of sp³-hybridized carbons (Fsp3) is 0.138. The predicted octanol–water partition coefficient (Wildman–Crippen LogP) is 6.85. The summed E-state index contributed by atoms with van der Waals surface area (Å²) in [6.45, 7) is 0.278. The van der Waals surface area contributed by atoms with Gasteiger partial charge in [0.15, 0.2) is 17.4 Å². The second-order valence-corrected chi connectivity index (χ2v) is 9.13. The number of benzene rings is 3. The largest absolute Gasteiger partial charge is 0.493 e. The van der Waals surface area contributed by atoms with Crippen molar-refractivity contribution in [3.05, 3.63) is 106 Å². The Balaban J connectivity index is 1.28. The number of hydrogen-bond acceptors (Lipinski definition) is 5. The van der Waals surface area contributed by atoms with Gasteiger partial charge in [0.25, 0.3) is 0 Å². The molecule has 1 aromatic heterocycles. The van der Waals surface area contributed by atoms with Gasteiger partial charge in [0.2, 0.25) is 0 Å². The molecule has 6 nitrogen and oxygen atoms in total. The summed E-state index contributed by atoms with van der Waals surface area (Å²) in [6.07, 6.45) is 0.370. The van der Waals surface area contributed by atoms with Crippen molar-refractivity contribution >= 4 is 23.4 Å². The molecule has 1 atom stereocenters. The van der Waals surface area contributed by atoms with E-state index in [0.29, 0.717) is 51.7 Å². The summed E-state index contributed by atoms with van der Waals surface area (Å²) in [5.74, 6) is -2.60. The Morgan fingerprint density at radius 1 is 1.03 bits per heavy atom. The zero-order valence-electron chi connectivity index (χ0n) is 19.8. The molecule has 0 fully saturated rings. The molecule has 3 aromatic carbocycles. The van der Waals surface area contributed by atoms with Crippen LogP contribution in [-0.2, 0) is 11.2 Å². The van der Waals surface area contributed by atoms with E-state index < -0.39 is 23.5 Å². The fourth-order valence-corrected chi connectivity index (χ4v) is 4.43. The highest BCUT2D eigenvalue weighted by Crippen LogP contribution is 2.41. The number of carboxylic acids is 1. The molecule has 5 rings (SSSR count). The summed E-state index contributed by atoms with van der Waals surface area (Å²) >= 11 is 6.35. The number of nitrogens with zero attached hydrogens (tertiary/aromatic N) is 1. The molecule has 38 heavy (non-hydrogen) atoms. The van der Waals surface area contributed by atoms with Crippen LogP contribution < -0.4 is 9.47 Å². The Morgan fingerprint density at radius 2 is 1.82 bits per heavy atom. The van der Waals surface area contributed by atoms with Gasteiger partial charge in [-0.15, -0.1) is 0 Å². The van der Waals surface area contributed by atoms with Gasteiger partial charge in [-0.25, -0.2) is 8.78 Å². The lowest BCUT2D eigenvalue weighted by molar-refractivity contribution is -0.139. The molecule has 1 aliphatic heterocycles. The Kier molecular flexibility index (Phi) is 7.07. The first kappa shape index (κ1) is 25.4. The first-order valence-electron chi connectivity index (χ1n) is 11.7. The van der Waals surface area contributed by atoms with Crippen LogP contribution >= 0.6 is 11.6 Å². The normalized spacial score (nSPS) is 14.3. The van der Waals surface area contributed by atoms with Crippen molar-refractivity contribution in [2.24, 2.45) is 0 Å². The third-order valence-corrected chi connectivity index (χ3v) is 6.47. The molecule has 4 aromatic rings. The molecule has 0 saturated carbocycles. The zero-order valence-corrected chi connectivity index (χ0v) is 20.5. The maximum absolute atomic E-state index is 13.6. The fourth-order valence-electron chi connectivity index (χ4n) is 4.22. The van der Waals surface area contributed by atoms with Gasteiger partial charge in [-0.05, 0) is 67.1 Å². The number of fused-ring (bicyclic) bond motifs is 1. The number of halogens is 3. The van der Waals surface area contributed by atoms with E-state index in [1.165, 1.54) is 6.07 Å². The Morgan fingerprint density at radius 3 is 2.55 bits per heavy atom. The van der Waals surface area contributed by atoms with Crippen molar-refractivity contribution < 1.29 is 33.0 Å². The number of aliphatic carboxylic acids is 1. The molecule has 0 saturated heterocycles. The smallest absolute Gasteiger partial charge is 0.311 e. The Labute approximate surface area is 221 Å². The number of carboxylic acid groups (broad SMARTS) is 1. The van der Waals surface area contributed by atoms with Gasteiger partial charge in [0.05, 0.1) is 29.7 Å². The third kappa shape index (κ3) is 5.35. The van der Waals surface area contributed by atoms with Crippen molar-refractivity contribution in [2.75, 3.05) is 6.61 Å². The van der Waals surface area contributed by atoms with Crippen molar-refractivity contribution in [1.82, 2.24) is 4.98 Å². The van der Waals surface area contributed by atoms with E-state index in [2.05, 4.69) is 4.98 Å². The highest BCUT2D eigenvalue weighted by atomic mass is 35.5.